The lowest BCUT2D eigenvalue weighted by Gasteiger charge is -2.33. The summed E-state index contributed by atoms with van der Waals surface area (Å²) in [5.41, 5.74) is 0.271. The van der Waals surface area contributed by atoms with Crippen LogP contribution in [-0.4, -0.2) is 38.1 Å². The number of hydrogen-bond acceptors (Lipinski definition) is 2. The molecule has 0 spiro atoms. The first-order chi connectivity index (χ1) is 7.10. The number of likely N-dealkylation sites (tertiary alicyclic amines) is 1. The Balaban J connectivity index is 1.90. The van der Waals surface area contributed by atoms with Gasteiger partial charge in [0.2, 0.25) is 0 Å². The monoisotopic (exact) mass is 271 g/mol. The Bertz CT molecular complexity index is 308. The van der Waals surface area contributed by atoms with Crippen LogP contribution in [0.2, 0.25) is 0 Å². The highest BCUT2D eigenvalue weighted by molar-refractivity contribution is 9.09. The van der Waals surface area contributed by atoms with E-state index in [1.54, 1.807) is 0 Å². The van der Waals surface area contributed by atoms with Crippen molar-refractivity contribution in [3.8, 4) is 0 Å². The molecule has 1 aliphatic rings. The molecule has 1 unspecified atom stereocenters. The summed E-state index contributed by atoms with van der Waals surface area (Å²) in [4.78, 5) is 3.15. The summed E-state index contributed by atoms with van der Waals surface area (Å²) in [6, 6.07) is 1.97. The van der Waals surface area contributed by atoms with Crippen molar-refractivity contribution in [1.29, 1.82) is 0 Å². The fourth-order valence-electron chi connectivity index (χ4n) is 2.16. The third-order valence-corrected chi connectivity index (χ3v) is 4.97. The molecule has 0 radical (unpaired) electrons. The molecule has 0 saturated carbocycles. The minimum atomic E-state index is 0.271. The number of hydrogen-bond donors (Lipinski definition) is 0. The molecule has 0 N–H and O–H groups in total. The smallest absolute Gasteiger partial charge is 0.0536 e. The topological polar surface area (TPSA) is 21.1 Å². The average Bonchev–Trinajstić information content (AvgIpc) is 2.76. The summed E-state index contributed by atoms with van der Waals surface area (Å²) in [7, 11) is 0. The molecule has 0 aliphatic carbocycles. The molecule has 1 aromatic rings. The van der Waals surface area contributed by atoms with Crippen molar-refractivity contribution in [2.24, 2.45) is 0 Å². The van der Waals surface area contributed by atoms with Crippen LogP contribution in [0, 0.1) is 0 Å². The molecule has 1 fully saturated rings. The van der Waals surface area contributed by atoms with Gasteiger partial charge in [0.25, 0.3) is 0 Å². The molecule has 1 saturated heterocycles. The van der Waals surface area contributed by atoms with Gasteiger partial charge in [0.05, 0.1) is 6.54 Å². The van der Waals surface area contributed by atoms with Gasteiger partial charge in [-0.2, -0.15) is 5.10 Å². The first-order valence-electron chi connectivity index (χ1n) is 5.47. The normalized spacial score (nSPS) is 25.9. The fraction of sp³-hybridized carbons (Fsp3) is 0.727. The molecule has 15 heavy (non-hydrogen) atoms. The van der Waals surface area contributed by atoms with Crippen LogP contribution in [0.1, 0.15) is 20.3 Å². The zero-order valence-electron chi connectivity index (χ0n) is 9.36. The highest BCUT2D eigenvalue weighted by Gasteiger charge is 2.39. The van der Waals surface area contributed by atoms with Crippen LogP contribution < -0.4 is 0 Å². The number of alkyl halides is 1. The Morgan fingerprint density at radius 2 is 2.27 bits per heavy atom. The molecule has 0 amide bonds. The molecule has 0 bridgehead atoms. The van der Waals surface area contributed by atoms with Crippen LogP contribution in [-0.2, 0) is 6.54 Å². The van der Waals surface area contributed by atoms with Gasteiger partial charge < -0.3 is 0 Å². The Hall–Kier alpha value is -0.350. The van der Waals surface area contributed by atoms with Gasteiger partial charge in [-0.1, -0.05) is 15.9 Å². The predicted octanol–water partition coefficient (Wildman–Crippen LogP) is 2.13. The van der Waals surface area contributed by atoms with Crippen LogP contribution in [0.25, 0.3) is 0 Å². The van der Waals surface area contributed by atoms with Gasteiger partial charge in [-0.15, -0.1) is 0 Å². The Morgan fingerprint density at radius 1 is 1.47 bits per heavy atom. The van der Waals surface area contributed by atoms with E-state index in [2.05, 4.69) is 39.8 Å². The van der Waals surface area contributed by atoms with E-state index in [0.717, 1.165) is 13.1 Å². The summed E-state index contributed by atoms with van der Waals surface area (Å²) >= 11 is 3.75. The largest absolute Gasteiger partial charge is 0.295 e. The van der Waals surface area contributed by atoms with E-state index in [1.165, 1.54) is 13.0 Å². The first kappa shape index (κ1) is 11.1. The zero-order chi connectivity index (χ0) is 10.9. The molecule has 2 rings (SSSR count). The maximum atomic E-state index is 4.22. The van der Waals surface area contributed by atoms with E-state index in [0.29, 0.717) is 4.83 Å². The SMILES string of the molecule is CC1(C)C(Br)CCN1CCn1cccn1. The zero-order valence-corrected chi connectivity index (χ0v) is 10.9. The second-order valence-electron chi connectivity index (χ2n) is 4.67. The van der Waals surface area contributed by atoms with Gasteiger partial charge in [-0.3, -0.25) is 9.58 Å². The molecule has 84 valence electrons. The summed E-state index contributed by atoms with van der Waals surface area (Å²) in [5.74, 6) is 0. The molecule has 3 nitrogen and oxygen atoms in total. The molecular weight excluding hydrogens is 254 g/mol. The standard InChI is InChI=1S/C11H18BrN3/c1-11(2)10(12)4-7-14(11)8-9-15-6-3-5-13-15/h3,5-6,10H,4,7-9H2,1-2H3. The first-order valence-corrected chi connectivity index (χ1v) is 6.39. The Morgan fingerprint density at radius 3 is 2.80 bits per heavy atom. The molecule has 1 atom stereocenters. The molecule has 1 aliphatic heterocycles. The van der Waals surface area contributed by atoms with E-state index in [4.69, 9.17) is 0 Å². The minimum Gasteiger partial charge on any atom is -0.295 e. The van der Waals surface area contributed by atoms with Crippen molar-refractivity contribution < 1.29 is 0 Å². The van der Waals surface area contributed by atoms with Crippen molar-refractivity contribution >= 4 is 15.9 Å². The van der Waals surface area contributed by atoms with Crippen molar-refractivity contribution in [3.05, 3.63) is 18.5 Å². The molecule has 1 aromatic heterocycles. The number of rotatable bonds is 3. The Kier molecular flexibility index (Phi) is 3.16. The van der Waals surface area contributed by atoms with E-state index >= 15 is 0 Å². The highest BCUT2D eigenvalue weighted by Crippen LogP contribution is 2.33. The average molecular weight is 272 g/mol. The maximum Gasteiger partial charge on any atom is 0.0536 e. The van der Waals surface area contributed by atoms with Crippen LogP contribution >= 0.6 is 15.9 Å². The molecule has 0 aromatic carbocycles. The van der Waals surface area contributed by atoms with Crippen LogP contribution in [0.3, 0.4) is 0 Å². The van der Waals surface area contributed by atoms with Gasteiger partial charge in [0.15, 0.2) is 0 Å². The van der Waals surface area contributed by atoms with Gasteiger partial charge in [0, 0.05) is 29.3 Å². The summed E-state index contributed by atoms with van der Waals surface area (Å²) in [5, 5.41) is 4.22. The predicted molar refractivity (Wildman–Crippen MR) is 65.2 cm³/mol. The van der Waals surface area contributed by atoms with Gasteiger partial charge in [-0.25, -0.2) is 0 Å². The van der Waals surface area contributed by atoms with E-state index in [-0.39, 0.29) is 5.54 Å². The minimum absolute atomic E-state index is 0.271. The lowest BCUT2D eigenvalue weighted by atomic mass is 10.0. The fourth-order valence-corrected chi connectivity index (χ4v) is 2.66. The van der Waals surface area contributed by atoms with Crippen molar-refractivity contribution in [2.75, 3.05) is 13.1 Å². The van der Waals surface area contributed by atoms with E-state index < -0.39 is 0 Å². The van der Waals surface area contributed by atoms with Crippen molar-refractivity contribution in [2.45, 2.75) is 37.2 Å². The van der Waals surface area contributed by atoms with Gasteiger partial charge in [0.1, 0.15) is 0 Å². The third kappa shape index (κ3) is 2.26. The van der Waals surface area contributed by atoms with Gasteiger partial charge >= 0.3 is 0 Å². The third-order valence-electron chi connectivity index (χ3n) is 3.39. The number of aromatic nitrogens is 2. The quantitative estimate of drug-likeness (QED) is 0.786. The van der Waals surface area contributed by atoms with Crippen LogP contribution in [0.5, 0.6) is 0 Å². The maximum absolute atomic E-state index is 4.22. The van der Waals surface area contributed by atoms with Crippen LogP contribution in [0.15, 0.2) is 18.5 Å². The number of nitrogens with zero attached hydrogens (tertiary/aromatic N) is 3. The highest BCUT2D eigenvalue weighted by atomic mass is 79.9. The summed E-state index contributed by atoms with van der Waals surface area (Å²) < 4.78 is 2.00. The van der Waals surface area contributed by atoms with Crippen LogP contribution in [0.4, 0.5) is 0 Å². The summed E-state index contributed by atoms with van der Waals surface area (Å²) in [6.07, 6.45) is 5.10. The molecule has 4 heteroatoms. The molecule has 2 heterocycles. The Labute approximate surface area is 99.6 Å². The van der Waals surface area contributed by atoms with E-state index in [1.807, 2.05) is 23.1 Å². The van der Waals surface area contributed by atoms with Crippen molar-refractivity contribution in [1.82, 2.24) is 14.7 Å². The number of halogens is 1. The lowest BCUT2D eigenvalue weighted by molar-refractivity contribution is 0.171. The lowest BCUT2D eigenvalue weighted by Crippen LogP contribution is -2.44. The second-order valence-corrected chi connectivity index (χ2v) is 5.77. The van der Waals surface area contributed by atoms with Gasteiger partial charge in [-0.05, 0) is 32.9 Å². The van der Waals surface area contributed by atoms with E-state index in [9.17, 15) is 0 Å². The van der Waals surface area contributed by atoms with Crippen molar-refractivity contribution in [3.63, 3.8) is 0 Å². The molecular formula is C11H18BrN3. The summed E-state index contributed by atoms with van der Waals surface area (Å²) in [6.45, 7) is 7.86. The second kappa shape index (κ2) is 4.26.